The van der Waals surface area contributed by atoms with Crippen LogP contribution in [0.15, 0.2) is 29.3 Å². The lowest BCUT2D eigenvalue weighted by atomic mass is 9.73. The van der Waals surface area contributed by atoms with E-state index in [-0.39, 0.29) is 12.0 Å². The molecule has 1 spiro atoms. The van der Waals surface area contributed by atoms with Gasteiger partial charge >= 0.3 is 0 Å². The molecule has 1 amide bonds. The monoisotopic (exact) mass is 398 g/mol. The Morgan fingerprint density at radius 3 is 2.86 bits per heavy atom. The number of likely N-dealkylation sites (tertiary alicyclic amines) is 1. The molecule has 29 heavy (non-hydrogen) atoms. The van der Waals surface area contributed by atoms with Gasteiger partial charge in [0.2, 0.25) is 0 Å². The summed E-state index contributed by atoms with van der Waals surface area (Å²) in [5.41, 5.74) is 2.47. The van der Waals surface area contributed by atoms with Crippen LogP contribution in [-0.2, 0) is 16.1 Å². The van der Waals surface area contributed by atoms with Crippen LogP contribution in [0.5, 0.6) is 0 Å². The Morgan fingerprint density at radius 1 is 1.24 bits per heavy atom. The highest BCUT2D eigenvalue weighted by Crippen LogP contribution is 2.43. The number of nitrogens with one attached hydrogen (secondary N) is 2. The van der Waals surface area contributed by atoms with E-state index in [0.717, 1.165) is 43.1 Å². The summed E-state index contributed by atoms with van der Waals surface area (Å²) < 4.78 is 5.47. The van der Waals surface area contributed by atoms with Gasteiger partial charge in [-0.1, -0.05) is 31.4 Å². The molecular weight excluding hydrogens is 364 g/mol. The summed E-state index contributed by atoms with van der Waals surface area (Å²) in [5.74, 6) is 0.944. The normalized spacial score (nSPS) is 24.1. The number of rotatable bonds is 4. The number of benzene rings is 1. The van der Waals surface area contributed by atoms with Crippen LogP contribution in [0.4, 0.5) is 5.69 Å². The first-order valence-corrected chi connectivity index (χ1v) is 11.1. The van der Waals surface area contributed by atoms with Crippen LogP contribution in [0.1, 0.15) is 56.9 Å². The van der Waals surface area contributed by atoms with E-state index in [9.17, 15) is 4.79 Å². The van der Waals surface area contributed by atoms with Gasteiger partial charge in [0.25, 0.3) is 5.91 Å². The number of nitrogens with zero attached hydrogens (tertiary/aromatic N) is 2. The van der Waals surface area contributed by atoms with Crippen molar-refractivity contribution in [1.29, 1.82) is 0 Å². The largest absolute Gasteiger partial charge is 0.368 e. The second-order valence-electron chi connectivity index (χ2n) is 8.82. The molecule has 6 heteroatoms. The van der Waals surface area contributed by atoms with Crippen molar-refractivity contribution in [2.75, 3.05) is 32.1 Å². The molecule has 1 unspecified atom stereocenters. The number of guanidine groups is 1. The molecule has 3 aliphatic rings. The molecule has 0 radical (unpaired) electrons. The third-order valence-corrected chi connectivity index (χ3v) is 6.73. The highest BCUT2D eigenvalue weighted by Gasteiger charge is 2.39. The smallest absolute Gasteiger partial charge is 0.253 e. The highest BCUT2D eigenvalue weighted by molar-refractivity contribution is 5.94. The minimum atomic E-state index is -0.308. The molecule has 2 heterocycles. The fraction of sp³-hybridized carbons (Fsp3) is 0.652. The molecule has 1 atom stereocenters. The Bertz CT molecular complexity index is 736. The third-order valence-electron chi connectivity index (χ3n) is 6.73. The van der Waals surface area contributed by atoms with E-state index in [1.807, 2.05) is 25.2 Å². The van der Waals surface area contributed by atoms with Crippen LogP contribution >= 0.6 is 0 Å². The molecule has 2 saturated heterocycles. The van der Waals surface area contributed by atoms with Crippen molar-refractivity contribution >= 4 is 17.6 Å². The van der Waals surface area contributed by atoms with Gasteiger partial charge in [0.15, 0.2) is 5.96 Å². The van der Waals surface area contributed by atoms with E-state index in [2.05, 4.69) is 26.6 Å². The van der Waals surface area contributed by atoms with Gasteiger partial charge in [-0.25, -0.2) is 0 Å². The first-order chi connectivity index (χ1) is 14.2. The zero-order chi connectivity index (χ0) is 20.1. The highest BCUT2D eigenvalue weighted by atomic mass is 16.5. The lowest BCUT2D eigenvalue weighted by Gasteiger charge is -2.33. The second-order valence-corrected chi connectivity index (χ2v) is 8.82. The number of carbonyl (C=O) groups is 1. The number of hydrogen-bond donors (Lipinski definition) is 2. The number of ether oxygens (including phenoxy) is 1. The molecule has 1 aliphatic carbocycles. The van der Waals surface area contributed by atoms with Crippen molar-refractivity contribution in [1.82, 2.24) is 10.2 Å². The van der Waals surface area contributed by atoms with Gasteiger partial charge in [-0.2, -0.15) is 0 Å². The van der Waals surface area contributed by atoms with Crippen LogP contribution in [0, 0.1) is 5.41 Å². The van der Waals surface area contributed by atoms with Gasteiger partial charge < -0.3 is 20.3 Å². The zero-order valence-electron chi connectivity index (χ0n) is 17.6. The molecule has 4 rings (SSSR count). The summed E-state index contributed by atoms with van der Waals surface area (Å²) in [6, 6.07) is 8.02. The fourth-order valence-corrected chi connectivity index (χ4v) is 5.11. The topological polar surface area (TPSA) is 66.0 Å². The second kappa shape index (κ2) is 9.16. The molecule has 1 aromatic carbocycles. The van der Waals surface area contributed by atoms with Gasteiger partial charge in [-0.05, 0) is 55.2 Å². The van der Waals surface area contributed by atoms with Crippen LogP contribution < -0.4 is 10.6 Å². The van der Waals surface area contributed by atoms with E-state index in [4.69, 9.17) is 4.74 Å². The average molecular weight is 399 g/mol. The van der Waals surface area contributed by atoms with Crippen LogP contribution in [0.25, 0.3) is 0 Å². The van der Waals surface area contributed by atoms with Crippen molar-refractivity contribution in [3.05, 3.63) is 29.8 Å². The lowest BCUT2D eigenvalue weighted by molar-refractivity contribution is -0.124. The fourth-order valence-electron chi connectivity index (χ4n) is 5.11. The molecule has 0 bridgehead atoms. The van der Waals surface area contributed by atoms with Crippen LogP contribution in [-0.4, -0.2) is 49.6 Å². The summed E-state index contributed by atoms with van der Waals surface area (Å²) >= 11 is 0. The maximum atomic E-state index is 12.3. The summed E-state index contributed by atoms with van der Waals surface area (Å²) in [6.45, 7) is 3.60. The Kier molecular flexibility index (Phi) is 6.38. The maximum absolute atomic E-state index is 12.3. The minimum absolute atomic E-state index is 0.0433. The number of anilines is 1. The SMILES string of the molecule is CN=C(NCc1cccc(NC(=O)C2CCCO2)c1)N1CCC2(CCCCC2)C1. The van der Waals surface area contributed by atoms with Crippen molar-refractivity contribution in [2.45, 2.75) is 64.0 Å². The summed E-state index contributed by atoms with van der Waals surface area (Å²) in [6.07, 6.45) is 9.64. The van der Waals surface area contributed by atoms with E-state index in [0.29, 0.717) is 18.6 Å². The predicted molar refractivity (Wildman–Crippen MR) is 116 cm³/mol. The molecular formula is C23H34N4O2. The Labute approximate surface area is 174 Å². The van der Waals surface area contributed by atoms with Crippen molar-refractivity contribution in [3.63, 3.8) is 0 Å². The molecule has 2 aliphatic heterocycles. The minimum Gasteiger partial charge on any atom is -0.368 e. The Morgan fingerprint density at radius 2 is 2.10 bits per heavy atom. The summed E-state index contributed by atoms with van der Waals surface area (Å²) in [5, 5.41) is 6.51. The summed E-state index contributed by atoms with van der Waals surface area (Å²) in [4.78, 5) is 19.2. The quantitative estimate of drug-likeness (QED) is 0.601. The number of hydrogen-bond acceptors (Lipinski definition) is 3. The van der Waals surface area contributed by atoms with Crippen molar-refractivity contribution in [2.24, 2.45) is 10.4 Å². The van der Waals surface area contributed by atoms with Crippen LogP contribution in [0.2, 0.25) is 0 Å². The predicted octanol–water partition coefficient (Wildman–Crippen LogP) is 3.54. The van der Waals surface area contributed by atoms with E-state index in [1.54, 1.807) is 0 Å². The standard InChI is InChI=1S/C23H34N4O2/c1-24-22(27-13-12-23(17-27)10-3-2-4-11-23)25-16-18-7-5-8-19(15-18)26-21(28)20-9-6-14-29-20/h5,7-8,15,20H,2-4,6,9-14,16-17H2,1H3,(H,24,25)(H,26,28). The first kappa shape index (κ1) is 20.2. The molecule has 3 fully saturated rings. The first-order valence-electron chi connectivity index (χ1n) is 11.1. The van der Waals surface area contributed by atoms with Crippen molar-refractivity contribution in [3.8, 4) is 0 Å². The Balaban J connectivity index is 1.31. The molecule has 6 nitrogen and oxygen atoms in total. The van der Waals surface area contributed by atoms with Crippen molar-refractivity contribution < 1.29 is 9.53 Å². The lowest BCUT2D eigenvalue weighted by Crippen LogP contribution is -2.41. The number of carbonyl (C=O) groups excluding carboxylic acids is 1. The van der Waals surface area contributed by atoms with Gasteiger partial charge in [0.1, 0.15) is 6.10 Å². The van der Waals surface area contributed by atoms with Gasteiger partial charge in [0, 0.05) is 39.0 Å². The molecule has 158 valence electrons. The summed E-state index contributed by atoms with van der Waals surface area (Å²) in [7, 11) is 1.87. The van der Waals surface area contributed by atoms with Gasteiger partial charge in [0.05, 0.1) is 0 Å². The van der Waals surface area contributed by atoms with Crippen LogP contribution in [0.3, 0.4) is 0 Å². The molecule has 0 aromatic heterocycles. The molecule has 2 N–H and O–H groups in total. The van der Waals surface area contributed by atoms with E-state index < -0.39 is 0 Å². The Hall–Kier alpha value is -2.08. The molecule has 1 saturated carbocycles. The zero-order valence-corrected chi connectivity index (χ0v) is 17.6. The average Bonchev–Trinajstić information content (AvgIpc) is 3.41. The van der Waals surface area contributed by atoms with Gasteiger partial charge in [-0.15, -0.1) is 0 Å². The van der Waals surface area contributed by atoms with E-state index >= 15 is 0 Å². The van der Waals surface area contributed by atoms with Gasteiger partial charge in [-0.3, -0.25) is 9.79 Å². The number of aliphatic imine (C=N–C) groups is 1. The maximum Gasteiger partial charge on any atom is 0.253 e. The molecule has 1 aromatic rings. The number of amides is 1. The van der Waals surface area contributed by atoms with E-state index in [1.165, 1.54) is 38.5 Å². The third kappa shape index (κ3) is 4.92.